The minimum atomic E-state index is -0.913. The van der Waals surface area contributed by atoms with Crippen molar-refractivity contribution < 1.29 is 28.8 Å². The number of urea groups is 1. The van der Waals surface area contributed by atoms with Gasteiger partial charge in [0.15, 0.2) is 11.6 Å². The number of anilines is 1. The topological polar surface area (TPSA) is 148 Å². The van der Waals surface area contributed by atoms with Crippen LogP contribution in [0.5, 0.6) is 5.75 Å². The largest absolute Gasteiger partial charge is 0.508 e. The van der Waals surface area contributed by atoms with Gasteiger partial charge in [-0.15, -0.1) is 0 Å². The third-order valence-electron chi connectivity index (χ3n) is 10.0. The maximum absolute atomic E-state index is 14.5. The van der Waals surface area contributed by atoms with Crippen molar-refractivity contribution in [2.24, 2.45) is 0 Å². The lowest BCUT2D eigenvalue weighted by Gasteiger charge is -2.55. The molecule has 8 rings (SSSR count). The van der Waals surface area contributed by atoms with Gasteiger partial charge in [0.05, 0.1) is 38.4 Å². The van der Waals surface area contributed by atoms with Crippen LogP contribution in [-0.4, -0.2) is 105 Å². The molecule has 3 saturated heterocycles. The second kappa shape index (κ2) is 14.9. The van der Waals surface area contributed by atoms with E-state index in [4.69, 9.17) is 9.26 Å². The summed E-state index contributed by atoms with van der Waals surface area (Å²) in [6, 6.07) is 26.4. The zero-order valence-corrected chi connectivity index (χ0v) is 29.1. The first-order valence-electron chi connectivity index (χ1n) is 17.8. The van der Waals surface area contributed by atoms with Gasteiger partial charge >= 0.3 is 6.03 Å². The van der Waals surface area contributed by atoms with E-state index >= 15 is 0 Å². The number of piperazine rings is 1. The van der Waals surface area contributed by atoms with Crippen LogP contribution in [0.25, 0.3) is 10.9 Å². The number of nitrogens with one attached hydrogen (secondary N) is 1. The predicted molar refractivity (Wildman–Crippen MR) is 194 cm³/mol. The highest BCUT2D eigenvalue weighted by atomic mass is 16.5. The van der Waals surface area contributed by atoms with Crippen LogP contribution in [0.15, 0.2) is 102 Å². The van der Waals surface area contributed by atoms with E-state index in [9.17, 15) is 19.5 Å². The van der Waals surface area contributed by atoms with Gasteiger partial charge in [0.25, 0.3) is 0 Å². The molecule has 3 fully saturated rings. The van der Waals surface area contributed by atoms with Crippen LogP contribution in [0.4, 0.5) is 10.6 Å². The van der Waals surface area contributed by atoms with Crippen LogP contribution in [0.2, 0.25) is 0 Å². The Morgan fingerprint density at radius 1 is 0.906 bits per heavy atom. The first kappa shape index (κ1) is 34.1. The van der Waals surface area contributed by atoms with E-state index in [-0.39, 0.29) is 56.7 Å². The molecule has 0 spiro atoms. The number of morpholine rings is 1. The minimum absolute atomic E-state index is 0.0675. The summed E-state index contributed by atoms with van der Waals surface area (Å²) in [5, 5.41) is 21.5. The average molecular weight is 717 g/mol. The number of nitrogens with zero attached hydrogens (tertiary/aromatic N) is 7. The molecule has 2 atom stereocenters. The number of ether oxygens (including phenoxy) is 1. The highest BCUT2D eigenvalue weighted by Crippen LogP contribution is 2.32. The minimum Gasteiger partial charge on any atom is -0.508 e. The van der Waals surface area contributed by atoms with Crippen molar-refractivity contribution in [3.8, 4) is 5.75 Å². The number of rotatable bonds is 9. The monoisotopic (exact) mass is 716 g/mol. The number of hydrogen-bond donors (Lipinski definition) is 2. The number of pyridine rings is 1. The molecule has 2 aromatic heterocycles. The zero-order chi connectivity index (χ0) is 36.3. The van der Waals surface area contributed by atoms with E-state index in [0.29, 0.717) is 37.9 Å². The van der Waals surface area contributed by atoms with Gasteiger partial charge in [-0.25, -0.2) is 9.80 Å². The Balaban J connectivity index is 1.15. The van der Waals surface area contributed by atoms with E-state index in [2.05, 4.69) is 20.4 Å². The molecule has 0 bridgehead atoms. The number of aromatic nitrogens is 2. The zero-order valence-electron chi connectivity index (χ0n) is 29.1. The van der Waals surface area contributed by atoms with Crippen LogP contribution in [-0.2, 0) is 40.4 Å². The Morgan fingerprint density at radius 3 is 2.53 bits per heavy atom. The summed E-state index contributed by atoms with van der Waals surface area (Å²) in [5.74, 6) is 0.735. The normalized spacial score (nSPS) is 19.5. The number of phenolic OH excluding ortho intramolecular Hbond substituents is 1. The molecule has 3 aliphatic heterocycles. The summed E-state index contributed by atoms with van der Waals surface area (Å²) < 4.78 is 11.3. The Hall–Kier alpha value is -5.99. The molecule has 0 saturated carbocycles. The van der Waals surface area contributed by atoms with E-state index in [1.807, 2.05) is 66.7 Å². The van der Waals surface area contributed by atoms with Gasteiger partial charge in [0.1, 0.15) is 18.0 Å². The van der Waals surface area contributed by atoms with Crippen LogP contribution < -0.4 is 10.2 Å². The number of fused-ring (bicyclic) bond motifs is 2. The van der Waals surface area contributed by atoms with Gasteiger partial charge in [0, 0.05) is 50.2 Å². The molecule has 3 aromatic carbocycles. The molecule has 272 valence electrons. The Kier molecular flexibility index (Phi) is 9.61. The van der Waals surface area contributed by atoms with Crippen molar-refractivity contribution >= 4 is 34.6 Å². The summed E-state index contributed by atoms with van der Waals surface area (Å²) in [7, 11) is 0. The fourth-order valence-electron chi connectivity index (χ4n) is 7.39. The number of carbonyl (C=O) groups excluding carboxylic acids is 3. The number of aromatic hydroxyl groups is 1. The number of hydrazine groups is 1. The highest BCUT2D eigenvalue weighted by Gasteiger charge is 2.51. The molecule has 0 aliphatic carbocycles. The van der Waals surface area contributed by atoms with Gasteiger partial charge in [-0.05, 0) is 41.0 Å². The predicted octanol–water partition coefficient (Wildman–Crippen LogP) is 3.52. The third-order valence-corrected chi connectivity index (χ3v) is 10.0. The van der Waals surface area contributed by atoms with Crippen molar-refractivity contribution in [1.29, 1.82) is 0 Å². The van der Waals surface area contributed by atoms with E-state index < -0.39 is 18.2 Å². The van der Waals surface area contributed by atoms with E-state index in [1.165, 1.54) is 0 Å². The van der Waals surface area contributed by atoms with E-state index in [1.54, 1.807) is 50.3 Å². The quantitative estimate of drug-likeness (QED) is 0.232. The molecule has 3 aliphatic rings. The fourth-order valence-corrected chi connectivity index (χ4v) is 7.39. The summed E-state index contributed by atoms with van der Waals surface area (Å²) >= 11 is 0. The van der Waals surface area contributed by atoms with Gasteiger partial charge in [-0.3, -0.25) is 14.6 Å². The van der Waals surface area contributed by atoms with Gasteiger partial charge in [-0.2, -0.15) is 5.01 Å². The number of amides is 4. The highest BCUT2D eigenvalue weighted by molar-refractivity contribution is 5.92. The maximum Gasteiger partial charge on any atom is 0.334 e. The van der Waals surface area contributed by atoms with Gasteiger partial charge in [-0.1, -0.05) is 65.8 Å². The molecule has 0 unspecified atom stereocenters. The lowest BCUT2D eigenvalue weighted by molar-refractivity contribution is -0.193. The van der Waals surface area contributed by atoms with Gasteiger partial charge < -0.3 is 34.4 Å². The van der Waals surface area contributed by atoms with Crippen LogP contribution in [0.3, 0.4) is 0 Å². The first-order valence-corrected chi connectivity index (χ1v) is 17.8. The number of phenols is 1. The molecular weight excluding hydrogens is 676 g/mol. The lowest BCUT2D eigenvalue weighted by Crippen LogP contribution is -2.76. The molecule has 5 heterocycles. The Morgan fingerprint density at radius 2 is 1.72 bits per heavy atom. The maximum atomic E-state index is 14.5. The fraction of sp³-hybridized carbons (Fsp3) is 0.308. The number of hydrogen-bond acceptors (Lipinski definition) is 10. The summed E-state index contributed by atoms with van der Waals surface area (Å²) in [6.07, 6.45) is 1.08. The molecule has 0 radical (unpaired) electrons. The third kappa shape index (κ3) is 7.23. The molecule has 5 aromatic rings. The van der Waals surface area contributed by atoms with Crippen molar-refractivity contribution in [2.75, 3.05) is 44.3 Å². The van der Waals surface area contributed by atoms with Crippen molar-refractivity contribution in [3.05, 3.63) is 120 Å². The van der Waals surface area contributed by atoms with Crippen molar-refractivity contribution in [2.45, 2.75) is 38.3 Å². The van der Waals surface area contributed by atoms with Crippen molar-refractivity contribution in [1.82, 2.24) is 35.3 Å². The second-order valence-electron chi connectivity index (χ2n) is 13.4. The molecule has 2 N–H and O–H groups in total. The number of carbonyl (C=O) groups is 3. The van der Waals surface area contributed by atoms with Crippen LogP contribution in [0, 0.1) is 0 Å². The first-order chi connectivity index (χ1) is 25.9. The standard InChI is InChI=1S/C39H40N8O6/c48-30-13-11-27(12-14-30)20-34-38(50)44(23-29-8-4-10-33-32(29)9-5-15-40-33)25-36-46(34)37(49)26-45(47(36)39(51)41-22-28-6-2-1-3-7-28)24-31-21-35(42-53-31)43-16-18-52-19-17-43/h1-15,21,34,36,48H,16-20,22-26H2,(H,41,51)/t34-,36-/m0/s1. The molecule has 14 heteroatoms. The Labute approximate surface area is 306 Å². The van der Waals surface area contributed by atoms with E-state index in [0.717, 1.165) is 27.6 Å². The van der Waals surface area contributed by atoms with Crippen LogP contribution >= 0.6 is 0 Å². The summed E-state index contributed by atoms with van der Waals surface area (Å²) in [5.41, 5.74) is 3.39. The second-order valence-corrected chi connectivity index (χ2v) is 13.4. The summed E-state index contributed by atoms with van der Waals surface area (Å²) in [6.45, 7) is 3.04. The van der Waals surface area contributed by atoms with Crippen LogP contribution in [0.1, 0.15) is 22.5 Å². The smallest absolute Gasteiger partial charge is 0.334 e. The number of benzene rings is 3. The SMILES string of the molecule is O=C1[C@H](Cc2ccc(O)cc2)N2C(=O)CN(Cc3cc(N4CCOCC4)no3)N(C(=O)NCc3ccccc3)[C@H]2CN1Cc1cccc2ncccc12. The molecule has 53 heavy (non-hydrogen) atoms. The lowest BCUT2D eigenvalue weighted by atomic mass is 9.98. The molecule has 4 amide bonds. The average Bonchev–Trinajstić information content (AvgIpc) is 3.66. The Bertz CT molecular complexity index is 2080. The van der Waals surface area contributed by atoms with Gasteiger partial charge in [0.2, 0.25) is 11.8 Å². The molecular formula is C39H40N8O6. The van der Waals surface area contributed by atoms with Crippen molar-refractivity contribution in [3.63, 3.8) is 0 Å². The summed E-state index contributed by atoms with van der Waals surface area (Å²) in [4.78, 5) is 53.2. The molecule has 14 nitrogen and oxygen atoms in total.